The lowest BCUT2D eigenvalue weighted by molar-refractivity contribution is -0.135. The molecule has 1 heterocycles. The standard InChI is InChI=1S/C12H21N3O2/c1-2-11(3-5-13)14-6-4-12(16)15-7-9-17-10-8-15/h11,14H,2-4,6-10H2,1H3. The number of ether oxygens (including phenoxy) is 1. The summed E-state index contributed by atoms with van der Waals surface area (Å²) >= 11 is 0. The van der Waals surface area contributed by atoms with Crippen LogP contribution in [-0.4, -0.2) is 49.7 Å². The number of carbonyl (C=O) groups is 1. The maximum absolute atomic E-state index is 11.8. The highest BCUT2D eigenvalue weighted by molar-refractivity contribution is 5.76. The Balaban J connectivity index is 2.16. The molecule has 0 spiro atoms. The van der Waals surface area contributed by atoms with E-state index in [1.807, 2.05) is 11.8 Å². The fourth-order valence-electron chi connectivity index (χ4n) is 1.83. The van der Waals surface area contributed by atoms with E-state index in [0.717, 1.165) is 6.42 Å². The van der Waals surface area contributed by atoms with Gasteiger partial charge < -0.3 is 15.0 Å². The van der Waals surface area contributed by atoms with Gasteiger partial charge in [0, 0.05) is 32.1 Å². The normalized spacial score (nSPS) is 17.5. The topological polar surface area (TPSA) is 65.4 Å². The van der Waals surface area contributed by atoms with E-state index in [1.165, 1.54) is 0 Å². The monoisotopic (exact) mass is 239 g/mol. The Morgan fingerprint density at radius 2 is 2.24 bits per heavy atom. The van der Waals surface area contributed by atoms with Crippen LogP contribution < -0.4 is 5.32 Å². The van der Waals surface area contributed by atoms with Crippen molar-refractivity contribution in [2.24, 2.45) is 0 Å². The quantitative estimate of drug-likeness (QED) is 0.733. The summed E-state index contributed by atoms with van der Waals surface area (Å²) in [4.78, 5) is 13.6. The van der Waals surface area contributed by atoms with E-state index >= 15 is 0 Å². The molecule has 1 N–H and O–H groups in total. The second-order valence-corrected chi connectivity index (χ2v) is 4.16. The molecule has 1 atom stereocenters. The van der Waals surface area contributed by atoms with Crippen LogP contribution in [0.15, 0.2) is 0 Å². The summed E-state index contributed by atoms with van der Waals surface area (Å²) in [5.41, 5.74) is 0. The zero-order chi connectivity index (χ0) is 12.5. The van der Waals surface area contributed by atoms with Gasteiger partial charge in [0.2, 0.25) is 5.91 Å². The van der Waals surface area contributed by atoms with E-state index in [0.29, 0.717) is 45.7 Å². The van der Waals surface area contributed by atoms with Crippen LogP contribution in [0, 0.1) is 11.3 Å². The van der Waals surface area contributed by atoms with E-state index in [1.54, 1.807) is 0 Å². The van der Waals surface area contributed by atoms with E-state index in [9.17, 15) is 4.79 Å². The zero-order valence-electron chi connectivity index (χ0n) is 10.4. The molecule has 0 aromatic rings. The van der Waals surface area contributed by atoms with E-state index in [2.05, 4.69) is 11.4 Å². The summed E-state index contributed by atoms with van der Waals surface area (Å²) in [6, 6.07) is 2.35. The van der Waals surface area contributed by atoms with Gasteiger partial charge >= 0.3 is 0 Å². The lowest BCUT2D eigenvalue weighted by Gasteiger charge is -2.27. The smallest absolute Gasteiger partial charge is 0.224 e. The molecule has 0 saturated carbocycles. The first-order valence-electron chi connectivity index (χ1n) is 6.23. The molecule has 1 fully saturated rings. The molecule has 0 aromatic heterocycles. The highest BCUT2D eigenvalue weighted by Gasteiger charge is 2.16. The van der Waals surface area contributed by atoms with Gasteiger partial charge in [-0.05, 0) is 6.42 Å². The summed E-state index contributed by atoms with van der Waals surface area (Å²) in [6.07, 6.45) is 1.92. The average Bonchev–Trinajstić information content (AvgIpc) is 2.38. The van der Waals surface area contributed by atoms with Gasteiger partial charge in [0.15, 0.2) is 0 Å². The predicted octanol–water partition coefficient (Wildman–Crippen LogP) is 0.517. The molecule has 0 radical (unpaired) electrons. The Hall–Kier alpha value is -1.12. The van der Waals surface area contributed by atoms with Crippen molar-refractivity contribution in [1.29, 1.82) is 5.26 Å². The molecular formula is C12H21N3O2. The predicted molar refractivity (Wildman–Crippen MR) is 64.3 cm³/mol. The molecule has 1 rings (SSSR count). The van der Waals surface area contributed by atoms with Crippen LogP contribution in [0.4, 0.5) is 0 Å². The number of carbonyl (C=O) groups excluding carboxylic acids is 1. The van der Waals surface area contributed by atoms with Gasteiger partial charge in [0.1, 0.15) is 0 Å². The van der Waals surface area contributed by atoms with Gasteiger partial charge in [0.05, 0.1) is 25.7 Å². The molecule has 0 bridgehead atoms. The number of nitrogens with zero attached hydrogens (tertiary/aromatic N) is 2. The number of rotatable bonds is 6. The average molecular weight is 239 g/mol. The number of morpholine rings is 1. The second-order valence-electron chi connectivity index (χ2n) is 4.16. The molecular weight excluding hydrogens is 218 g/mol. The molecule has 1 unspecified atom stereocenters. The Kier molecular flexibility index (Phi) is 6.60. The van der Waals surface area contributed by atoms with Crippen LogP contribution in [0.3, 0.4) is 0 Å². The first-order valence-corrected chi connectivity index (χ1v) is 6.23. The van der Waals surface area contributed by atoms with Crippen molar-refractivity contribution in [2.75, 3.05) is 32.8 Å². The zero-order valence-corrected chi connectivity index (χ0v) is 10.4. The van der Waals surface area contributed by atoms with Crippen molar-refractivity contribution < 1.29 is 9.53 Å². The Bertz CT molecular complexity index is 269. The summed E-state index contributed by atoms with van der Waals surface area (Å²) in [6.45, 7) is 5.38. The van der Waals surface area contributed by atoms with Gasteiger partial charge in [-0.2, -0.15) is 5.26 Å². The van der Waals surface area contributed by atoms with Crippen molar-refractivity contribution in [3.8, 4) is 6.07 Å². The molecule has 1 aliphatic heterocycles. The molecule has 1 amide bonds. The molecule has 5 nitrogen and oxygen atoms in total. The fourth-order valence-corrected chi connectivity index (χ4v) is 1.83. The maximum Gasteiger partial charge on any atom is 0.224 e. The van der Waals surface area contributed by atoms with Crippen molar-refractivity contribution in [3.05, 3.63) is 0 Å². The lowest BCUT2D eigenvalue weighted by atomic mass is 10.1. The third kappa shape index (κ3) is 5.16. The number of hydrogen-bond donors (Lipinski definition) is 1. The minimum absolute atomic E-state index is 0.174. The molecule has 0 aliphatic carbocycles. The van der Waals surface area contributed by atoms with Crippen LogP contribution in [0.5, 0.6) is 0 Å². The van der Waals surface area contributed by atoms with E-state index in [4.69, 9.17) is 10.00 Å². The van der Waals surface area contributed by atoms with Crippen LogP contribution in [0.2, 0.25) is 0 Å². The molecule has 96 valence electrons. The Morgan fingerprint density at radius 1 is 1.53 bits per heavy atom. The number of hydrogen-bond acceptors (Lipinski definition) is 4. The highest BCUT2D eigenvalue weighted by Crippen LogP contribution is 2.01. The minimum Gasteiger partial charge on any atom is -0.378 e. The summed E-state index contributed by atoms with van der Waals surface area (Å²) < 4.78 is 5.20. The van der Waals surface area contributed by atoms with Gasteiger partial charge in [-0.3, -0.25) is 4.79 Å². The van der Waals surface area contributed by atoms with E-state index < -0.39 is 0 Å². The maximum atomic E-state index is 11.8. The van der Waals surface area contributed by atoms with Gasteiger partial charge in [-0.25, -0.2) is 0 Å². The number of amides is 1. The molecule has 0 aromatic carbocycles. The Morgan fingerprint density at radius 3 is 2.82 bits per heavy atom. The number of nitriles is 1. The first kappa shape index (κ1) is 13.9. The molecule has 5 heteroatoms. The molecule has 17 heavy (non-hydrogen) atoms. The lowest BCUT2D eigenvalue weighted by Crippen LogP contribution is -2.42. The summed E-state index contributed by atoms with van der Waals surface area (Å²) in [7, 11) is 0. The third-order valence-electron chi connectivity index (χ3n) is 2.97. The van der Waals surface area contributed by atoms with Crippen LogP contribution in [-0.2, 0) is 9.53 Å². The van der Waals surface area contributed by atoms with E-state index in [-0.39, 0.29) is 11.9 Å². The molecule has 1 saturated heterocycles. The summed E-state index contributed by atoms with van der Waals surface area (Å²) in [5.74, 6) is 0.174. The van der Waals surface area contributed by atoms with Crippen LogP contribution in [0.1, 0.15) is 26.2 Å². The van der Waals surface area contributed by atoms with Crippen LogP contribution in [0.25, 0.3) is 0 Å². The van der Waals surface area contributed by atoms with Crippen LogP contribution >= 0.6 is 0 Å². The molecule has 1 aliphatic rings. The largest absolute Gasteiger partial charge is 0.378 e. The SMILES string of the molecule is CCC(CC#N)NCCC(=O)N1CCOCC1. The van der Waals surface area contributed by atoms with Crippen molar-refractivity contribution in [2.45, 2.75) is 32.2 Å². The van der Waals surface area contributed by atoms with Crippen molar-refractivity contribution in [3.63, 3.8) is 0 Å². The highest BCUT2D eigenvalue weighted by atomic mass is 16.5. The fraction of sp³-hybridized carbons (Fsp3) is 0.833. The third-order valence-corrected chi connectivity index (χ3v) is 2.97. The summed E-state index contributed by atoms with van der Waals surface area (Å²) in [5, 5.41) is 11.8. The van der Waals surface area contributed by atoms with Gasteiger partial charge in [0.25, 0.3) is 0 Å². The van der Waals surface area contributed by atoms with Gasteiger partial charge in [-0.1, -0.05) is 6.92 Å². The second kappa shape index (κ2) is 8.04. The van der Waals surface area contributed by atoms with Gasteiger partial charge in [-0.15, -0.1) is 0 Å². The van der Waals surface area contributed by atoms with Crippen molar-refractivity contribution in [1.82, 2.24) is 10.2 Å². The first-order chi connectivity index (χ1) is 8.27. The van der Waals surface area contributed by atoms with Crippen molar-refractivity contribution >= 4 is 5.91 Å². The minimum atomic E-state index is 0.174. The Labute approximate surface area is 103 Å². The number of nitrogens with one attached hydrogen (secondary N) is 1.